The summed E-state index contributed by atoms with van der Waals surface area (Å²) in [6.07, 6.45) is 0. The van der Waals surface area contributed by atoms with Gasteiger partial charge < -0.3 is 9.26 Å². The van der Waals surface area contributed by atoms with E-state index in [9.17, 15) is 4.79 Å². The Bertz CT molecular complexity index is 1070. The fraction of sp³-hybridized carbons (Fsp3) is 0.0476. The molecule has 0 bridgehead atoms. The van der Waals surface area contributed by atoms with Crippen molar-refractivity contribution in [2.24, 2.45) is 0 Å². The zero-order chi connectivity index (χ0) is 17.9. The number of carbonyl (C=O) groups excluding carboxylic acids is 1. The molecule has 0 amide bonds. The quantitative estimate of drug-likeness (QED) is 0.449. The molecule has 0 unspecified atom stereocenters. The van der Waals surface area contributed by atoms with Crippen LogP contribution in [0.1, 0.15) is 16.1 Å². The van der Waals surface area contributed by atoms with Crippen LogP contribution in [0.4, 0.5) is 0 Å². The van der Waals surface area contributed by atoms with Gasteiger partial charge in [0.2, 0.25) is 0 Å². The number of esters is 1. The van der Waals surface area contributed by atoms with Crippen molar-refractivity contribution >= 4 is 28.3 Å². The Morgan fingerprint density at radius 1 is 0.962 bits per heavy atom. The first kappa shape index (κ1) is 16.4. The third-order valence-corrected chi connectivity index (χ3v) is 4.28. The molecule has 4 nitrogen and oxygen atoms in total. The average Bonchev–Trinajstić information content (AvgIpc) is 3.15. The van der Waals surface area contributed by atoms with Crippen molar-refractivity contribution in [2.45, 2.75) is 6.61 Å². The first-order valence-corrected chi connectivity index (χ1v) is 8.44. The number of hydrogen-bond acceptors (Lipinski definition) is 4. The molecule has 26 heavy (non-hydrogen) atoms. The van der Waals surface area contributed by atoms with Crippen LogP contribution >= 0.6 is 11.6 Å². The van der Waals surface area contributed by atoms with Gasteiger partial charge in [-0.3, -0.25) is 0 Å². The Labute approximate surface area is 155 Å². The largest absolute Gasteiger partial charge is 0.455 e. The smallest absolute Gasteiger partial charge is 0.338 e. The van der Waals surface area contributed by atoms with E-state index in [1.807, 2.05) is 48.5 Å². The highest BCUT2D eigenvalue weighted by Crippen LogP contribution is 2.23. The molecular formula is C21H14ClNO3. The summed E-state index contributed by atoms with van der Waals surface area (Å²) in [4.78, 5) is 12.3. The van der Waals surface area contributed by atoms with Gasteiger partial charge in [-0.15, -0.1) is 0 Å². The van der Waals surface area contributed by atoms with Gasteiger partial charge in [-0.2, -0.15) is 0 Å². The first-order chi connectivity index (χ1) is 12.7. The molecule has 0 aliphatic heterocycles. The molecule has 128 valence electrons. The highest BCUT2D eigenvalue weighted by molar-refractivity contribution is 6.30. The van der Waals surface area contributed by atoms with E-state index in [0.29, 0.717) is 22.0 Å². The Kier molecular flexibility index (Phi) is 4.42. The van der Waals surface area contributed by atoms with Crippen LogP contribution in [0.2, 0.25) is 5.02 Å². The number of fused-ring (bicyclic) bond motifs is 1. The monoisotopic (exact) mass is 363 g/mol. The number of ether oxygens (including phenoxy) is 1. The highest BCUT2D eigenvalue weighted by atomic mass is 35.5. The van der Waals surface area contributed by atoms with E-state index in [0.717, 1.165) is 16.3 Å². The predicted molar refractivity (Wildman–Crippen MR) is 100 cm³/mol. The molecule has 0 aliphatic carbocycles. The summed E-state index contributed by atoms with van der Waals surface area (Å²) in [6.45, 7) is 0.0444. The molecule has 0 N–H and O–H groups in total. The SMILES string of the molecule is O=C(OCc1cc(-c2ccc(Cl)cc2)on1)c1ccc2ccccc2c1. The third-order valence-electron chi connectivity index (χ3n) is 4.02. The molecule has 5 heteroatoms. The number of hydrogen-bond donors (Lipinski definition) is 0. The lowest BCUT2D eigenvalue weighted by Gasteiger charge is -2.04. The summed E-state index contributed by atoms with van der Waals surface area (Å²) in [5, 5.41) is 6.67. The molecule has 0 fully saturated rings. The summed E-state index contributed by atoms with van der Waals surface area (Å²) < 4.78 is 10.7. The molecule has 0 aliphatic rings. The lowest BCUT2D eigenvalue weighted by Crippen LogP contribution is -2.05. The molecule has 3 aromatic carbocycles. The predicted octanol–water partition coefficient (Wildman–Crippen LogP) is 5.51. The summed E-state index contributed by atoms with van der Waals surface area (Å²) >= 11 is 5.88. The lowest BCUT2D eigenvalue weighted by atomic mass is 10.1. The van der Waals surface area contributed by atoms with Crippen LogP contribution in [0.25, 0.3) is 22.1 Å². The molecular weight excluding hydrogens is 350 g/mol. The van der Waals surface area contributed by atoms with E-state index in [1.54, 1.807) is 24.3 Å². The number of rotatable bonds is 4. The average molecular weight is 364 g/mol. The van der Waals surface area contributed by atoms with Crippen LogP contribution in [0.5, 0.6) is 0 Å². The second-order valence-corrected chi connectivity index (χ2v) is 6.26. The van der Waals surface area contributed by atoms with Gasteiger partial charge in [0.05, 0.1) is 5.56 Å². The Balaban J connectivity index is 1.45. The summed E-state index contributed by atoms with van der Waals surface area (Å²) in [5.74, 6) is 0.199. The number of aromatic nitrogens is 1. The van der Waals surface area contributed by atoms with Gasteiger partial charge in [-0.1, -0.05) is 47.1 Å². The van der Waals surface area contributed by atoms with Gasteiger partial charge in [-0.05, 0) is 47.2 Å². The maximum Gasteiger partial charge on any atom is 0.338 e. The Morgan fingerprint density at radius 3 is 2.54 bits per heavy atom. The van der Waals surface area contributed by atoms with Crippen LogP contribution in [0, 0.1) is 0 Å². The van der Waals surface area contributed by atoms with Gasteiger partial charge in [0, 0.05) is 16.7 Å². The maximum atomic E-state index is 12.3. The first-order valence-electron chi connectivity index (χ1n) is 8.06. The van der Waals surface area contributed by atoms with Crippen LogP contribution in [0.3, 0.4) is 0 Å². The van der Waals surface area contributed by atoms with Crippen molar-refractivity contribution in [1.82, 2.24) is 5.16 Å². The van der Waals surface area contributed by atoms with Crippen molar-refractivity contribution in [1.29, 1.82) is 0 Å². The zero-order valence-corrected chi connectivity index (χ0v) is 14.4. The zero-order valence-electron chi connectivity index (χ0n) is 13.7. The molecule has 0 atom stereocenters. The maximum absolute atomic E-state index is 12.3. The van der Waals surface area contributed by atoms with Gasteiger partial charge >= 0.3 is 5.97 Å². The highest BCUT2D eigenvalue weighted by Gasteiger charge is 2.11. The molecule has 0 radical (unpaired) electrons. The summed E-state index contributed by atoms with van der Waals surface area (Å²) in [5.41, 5.74) is 1.91. The van der Waals surface area contributed by atoms with E-state index in [1.165, 1.54) is 0 Å². The summed E-state index contributed by atoms with van der Waals surface area (Å²) in [6, 6.07) is 22.3. The molecule has 1 heterocycles. The molecule has 1 aromatic heterocycles. The van der Waals surface area contributed by atoms with Crippen LogP contribution in [-0.2, 0) is 11.3 Å². The second-order valence-electron chi connectivity index (χ2n) is 5.83. The van der Waals surface area contributed by atoms with Gasteiger partial charge in [0.15, 0.2) is 5.76 Å². The topological polar surface area (TPSA) is 52.3 Å². The molecule has 0 saturated heterocycles. The van der Waals surface area contributed by atoms with E-state index in [-0.39, 0.29) is 6.61 Å². The fourth-order valence-electron chi connectivity index (χ4n) is 2.67. The molecule has 4 rings (SSSR count). The van der Waals surface area contributed by atoms with E-state index >= 15 is 0 Å². The second kappa shape index (κ2) is 7.02. The minimum Gasteiger partial charge on any atom is -0.455 e. The van der Waals surface area contributed by atoms with Crippen LogP contribution in [0.15, 0.2) is 77.3 Å². The van der Waals surface area contributed by atoms with Crippen LogP contribution < -0.4 is 0 Å². The third kappa shape index (κ3) is 3.46. The summed E-state index contributed by atoms with van der Waals surface area (Å²) in [7, 11) is 0. The van der Waals surface area contributed by atoms with Crippen molar-refractivity contribution in [3.63, 3.8) is 0 Å². The molecule has 4 aromatic rings. The van der Waals surface area contributed by atoms with Crippen molar-refractivity contribution < 1.29 is 14.1 Å². The minimum absolute atomic E-state index is 0.0444. The fourth-order valence-corrected chi connectivity index (χ4v) is 2.80. The normalized spacial score (nSPS) is 10.8. The van der Waals surface area contributed by atoms with E-state index in [2.05, 4.69) is 5.16 Å². The van der Waals surface area contributed by atoms with Crippen molar-refractivity contribution in [3.05, 3.63) is 89.1 Å². The van der Waals surface area contributed by atoms with Gasteiger partial charge in [-0.25, -0.2) is 4.79 Å². The molecule has 0 saturated carbocycles. The van der Waals surface area contributed by atoms with Crippen LogP contribution in [-0.4, -0.2) is 11.1 Å². The lowest BCUT2D eigenvalue weighted by molar-refractivity contribution is 0.0464. The number of nitrogens with zero attached hydrogens (tertiary/aromatic N) is 1. The van der Waals surface area contributed by atoms with E-state index in [4.69, 9.17) is 20.9 Å². The number of benzene rings is 3. The van der Waals surface area contributed by atoms with Gasteiger partial charge in [0.25, 0.3) is 0 Å². The van der Waals surface area contributed by atoms with Crippen molar-refractivity contribution in [3.8, 4) is 11.3 Å². The number of carbonyl (C=O) groups is 1. The molecule has 0 spiro atoms. The van der Waals surface area contributed by atoms with Crippen molar-refractivity contribution in [2.75, 3.05) is 0 Å². The number of halogens is 1. The Morgan fingerprint density at radius 2 is 1.73 bits per heavy atom. The minimum atomic E-state index is -0.396. The Hall–Kier alpha value is -3.11. The standard InChI is InChI=1S/C21H14ClNO3/c22-18-9-7-15(8-10-18)20-12-19(23-26-20)13-25-21(24)17-6-5-14-3-1-2-4-16(14)11-17/h1-12H,13H2. The van der Waals surface area contributed by atoms with E-state index < -0.39 is 5.97 Å². The van der Waals surface area contributed by atoms with Gasteiger partial charge in [0.1, 0.15) is 12.3 Å².